The number of fused-ring (bicyclic) bond motifs is 1. The first-order chi connectivity index (χ1) is 15.2. The summed E-state index contributed by atoms with van der Waals surface area (Å²) in [6.45, 7) is 0.836. The molecule has 0 radical (unpaired) electrons. The van der Waals surface area contributed by atoms with Crippen LogP contribution in [0.3, 0.4) is 0 Å². The molecule has 1 fully saturated rings. The lowest BCUT2D eigenvalue weighted by Gasteiger charge is -2.23. The second-order valence-electron chi connectivity index (χ2n) is 7.68. The van der Waals surface area contributed by atoms with Crippen LogP contribution in [-0.4, -0.2) is 56.1 Å². The van der Waals surface area contributed by atoms with Gasteiger partial charge in [0, 0.05) is 29.4 Å². The minimum atomic E-state index is -3.87. The zero-order valence-corrected chi connectivity index (χ0v) is 20.6. The summed E-state index contributed by atoms with van der Waals surface area (Å²) < 4.78 is 33.0. The third kappa shape index (κ3) is 4.84. The first-order valence-electron chi connectivity index (χ1n) is 9.97. The van der Waals surface area contributed by atoms with Crippen LogP contribution in [0, 0.1) is 5.41 Å². The first kappa shape index (κ1) is 25.0. The average Bonchev–Trinajstić information content (AvgIpc) is 3.40. The third-order valence-electron chi connectivity index (χ3n) is 5.72. The molecule has 0 bridgehead atoms. The number of thiophene rings is 1. The van der Waals surface area contributed by atoms with Crippen molar-refractivity contribution in [3.8, 4) is 5.75 Å². The van der Waals surface area contributed by atoms with Gasteiger partial charge in [-0.05, 0) is 47.5 Å². The highest BCUT2D eigenvalue weighted by Gasteiger charge is 2.39. The van der Waals surface area contributed by atoms with Crippen LogP contribution < -0.4 is 10.5 Å². The molecule has 1 aromatic heterocycles. The summed E-state index contributed by atoms with van der Waals surface area (Å²) in [5, 5.41) is 10.9. The molecule has 2 heterocycles. The molecule has 1 aliphatic rings. The summed E-state index contributed by atoms with van der Waals surface area (Å²) in [5.74, 6) is 0.400. The van der Waals surface area contributed by atoms with E-state index in [-0.39, 0.29) is 29.0 Å². The topological polar surface area (TPSA) is 117 Å². The van der Waals surface area contributed by atoms with Gasteiger partial charge in [-0.15, -0.1) is 23.7 Å². The normalized spacial score (nSPS) is 16.3. The van der Waals surface area contributed by atoms with Crippen molar-refractivity contribution in [2.24, 2.45) is 5.73 Å². The van der Waals surface area contributed by atoms with Crippen LogP contribution in [0.4, 0.5) is 0 Å². The summed E-state index contributed by atoms with van der Waals surface area (Å²) >= 11 is 1.43. The summed E-state index contributed by atoms with van der Waals surface area (Å²) in [6.07, 6.45) is 0.418. The molecule has 0 aliphatic carbocycles. The number of nitrogen functional groups attached to an aromatic ring is 1. The predicted octanol–water partition coefficient (Wildman–Crippen LogP) is 3.04. The molecule has 3 aromatic rings. The Morgan fingerprint density at radius 1 is 1.24 bits per heavy atom. The maximum Gasteiger partial charge on any atom is 0.243 e. The molecule has 176 valence electrons. The van der Waals surface area contributed by atoms with E-state index in [0.717, 1.165) is 15.6 Å². The SMILES string of the molecule is COc1ccc2ccc(S(=O)(=O)N(C)[C@H]3CCN(Cc4cc(C(=N)N)cs4)C3=O)cc2c1.Cl. The number of sulfonamides is 1. The molecule has 1 atom stereocenters. The molecule has 0 spiro atoms. The molecular weight excluding hydrogens is 484 g/mol. The molecule has 2 aromatic carbocycles. The van der Waals surface area contributed by atoms with Crippen molar-refractivity contribution in [1.82, 2.24) is 9.21 Å². The molecule has 33 heavy (non-hydrogen) atoms. The summed E-state index contributed by atoms with van der Waals surface area (Å²) in [4.78, 5) is 15.7. The van der Waals surface area contributed by atoms with Gasteiger partial charge >= 0.3 is 0 Å². The molecule has 1 aliphatic heterocycles. The lowest BCUT2D eigenvalue weighted by molar-refractivity contribution is -0.131. The summed E-state index contributed by atoms with van der Waals surface area (Å²) in [6, 6.07) is 11.4. The largest absolute Gasteiger partial charge is 0.497 e. The Morgan fingerprint density at radius 2 is 1.97 bits per heavy atom. The Morgan fingerprint density at radius 3 is 2.64 bits per heavy atom. The lowest BCUT2D eigenvalue weighted by Crippen LogP contribution is -2.42. The van der Waals surface area contributed by atoms with Crippen molar-refractivity contribution in [2.45, 2.75) is 23.9 Å². The number of benzene rings is 2. The molecule has 3 N–H and O–H groups in total. The molecule has 1 saturated heterocycles. The van der Waals surface area contributed by atoms with Crippen LogP contribution in [0.5, 0.6) is 5.75 Å². The van der Waals surface area contributed by atoms with Crippen molar-refractivity contribution < 1.29 is 17.9 Å². The van der Waals surface area contributed by atoms with Gasteiger partial charge in [-0.2, -0.15) is 4.31 Å². The smallest absolute Gasteiger partial charge is 0.243 e. The number of nitrogens with one attached hydrogen (secondary N) is 1. The number of amides is 1. The number of halogens is 1. The van der Waals surface area contributed by atoms with E-state index in [1.807, 2.05) is 12.1 Å². The Balaban J connectivity index is 0.00000306. The molecule has 0 unspecified atom stereocenters. The second kappa shape index (κ2) is 9.68. The highest BCUT2D eigenvalue weighted by Crippen LogP contribution is 2.28. The zero-order chi connectivity index (χ0) is 23.0. The van der Waals surface area contributed by atoms with Crippen LogP contribution in [0.2, 0.25) is 0 Å². The van der Waals surface area contributed by atoms with Gasteiger partial charge in [-0.1, -0.05) is 12.1 Å². The Bertz CT molecular complexity index is 1310. The standard InChI is InChI=1S/C22H24N4O4S2.ClH/c1-25(20-7-8-26(22(20)27)12-18-10-16(13-31-18)21(23)24)32(28,29)19-6-4-14-3-5-17(30-2)9-15(14)11-19;/h3-6,9-11,13,20H,7-8,12H2,1-2H3,(H3,23,24);1H/t20-;/m0./s1. The van der Waals surface area contributed by atoms with Gasteiger partial charge in [-0.3, -0.25) is 10.2 Å². The van der Waals surface area contributed by atoms with Gasteiger partial charge in [-0.25, -0.2) is 8.42 Å². The minimum Gasteiger partial charge on any atom is -0.497 e. The predicted molar refractivity (Wildman–Crippen MR) is 132 cm³/mol. The van der Waals surface area contributed by atoms with E-state index in [2.05, 4.69) is 0 Å². The van der Waals surface area contributed by atoms with Crippen LogP contribution in [0.15, 0.2) is 52.7 Å². The Hall–Kier alpha value is -2.66. The molecule has 4 rings (SSSR count). The van der Waals surface area contributed by atoms with Gasteiger partial charge in [0.05, 0.1) is 18.6 Å². The quantitative estimate of drug-likeness (QED) is 0.376. The molecule has 8 nitrogen and oxygen atoms in total. The van der Waals surface area contributed by atoms with Gasteiger partial charge < -0.3 is 15.4 Å². The average molecular weight is 509 g/mol. The van der Waals surface area contributed by atoms with E-state index in [1.165, 1.54) is 22.7 Å². The number of rotatable bonds is 7. The van der Waals surface area contributed by atoms with E-state index >= 15 is 0 Å². The molecule has 11 heteroatoms. The summed E-state index contributed by atoms with van der Waals surface area (Å²) in [7, 11) is -0.853. The highest BCUT2D eigenvalue weighted by molar-refractivity contribution is 7.89. The highest BCUT2D eigenvalue weighted by atomic mass is 35.5. The number of likely N-dealkylation sites (tertiary alicyclic amines) is 1. The zero-order valence-electron chi connectivity index (χ0n) is 18.1. The third-order valence-corrected chi connectivity index (χ3v) is 8.50. The number of ether oxygens (including phenoxy) is 1. The molecule has 1 amide bonds. The van der Waals surface area contributed by atoms with E-state index < -0.39 is 16.1 Å². The van der Waals surface area contributed by atoms with Gasteiger partial charge in [0.2, 0.25) is 15.9 Å². The number of nitrogens with two attached hydrogens (primary N) is 1. The number of likely N-dealkylation sites (N-methyl/N-ethyl adjacent to an activating group) is 1. The van der Waals surface area contributed by atoms with Gasteiger partial charge in [0.1, 0.15) is 17.6 Å². The van der Waals surface area contributed by atoms with Crippen molar-refractivity contribution in [1.29, 1.82) is 5.41 Å². The number of carbonyl (C=O) groups excluding carboxylic acids is 1. The van der Waals surface area contributed by atoms with E-state index in [9.17, 15) is 13.2 Å². The van der Waals surface area contributed by atoms with Crippen molar-refractivity contribution in [3.63, 3.8) is 0 Å². The number of carbonyl (C=O) groups is 1. The fourth-order valence-electron chi connectivity index (χ4n) is 3.83. The maximum atomic E-state index is 13.3. The van der Waals surface area contributed by atoms with E-state index in [1.54, 1.807) is 47.7 Å². The maximum absolute atomic E-state index is 13.3. The number of amidine groups is 1. The number of nitrogens with zero attached hydrogens (tertiary/aromatic N) is 2. The van der Waals surface area contributed by atoms with Crippen LogP contribution in [-0.2, 0) is 21.4 Å². The minimum absolute atomic E-state index is 0. The van der Waals surface area contributed by atoms with Crippen molar-refractivity contribution >= 4 is 56.3 Å². The Kier molecular flexibility index (Phi) is 7.32. The van der Waals surface area contributed by atoms with E-state index in [4.69, 9.17) is 15.9 Å². The number of methoxy groups -OCH3 is 1. The van der Waals surface area contributed by atoms with Crippen LogP contribution in [0.1, 0.15) is 16.9 Å². The molecule has 0 saturated carbocycles. The van der Waals surface area contributed by atoms with Gasteiger partial charge in [0.25, 0.3) is 0 Å². The number of hydrogen-bond acceptors (Lipinski definition) is 6. The lowest BCUT2D eigenvalue weighted by atomic mass is 10.1. The number of hydrogen-bond donors (Lipinski definition) is 2. The van der Waals surface area contributed by atoms with E-state index in [0.29, 0.717) is 30.8 Å². The van der Waals surface area contributed by atoms with Crippen molar-refractivity contribution in [2.75, 3.05) is 20.7 Å². The fourth-order valence-corrected chi connectivity index (χ4v) is 6.11. The van der Waals surface area contributed by atoms with Crippen LogP contribution in [0.25, 0.3) is 10.8 Å². The van der Waals surface area contributed by atoms with Crippen molar-refractivity contribution in [3.05, 3.63) is 58.3 Å². The Labute approximate surface area is 202 Å². The monoisotopic (exact) mass is 508 g/mol. The van der Waals surface area contributed by atoms with Crippen LogP contribution >= 0.6 is 23.7 Å². The first-order valence-corrected chi connectivity index (χ1v) is 12.3. The second-order valence-corrected chi connectivity index (χ2v) is 10.7. The van der Waals surface area contributed by atoms with Gasteiger partial charge in [0.15, 0.2) is 0 Å². The molecular formula is C22H25ClN4O4S2. The fraction of sp³-hybridized carbons (Fsp3) is 0.273. The summed E-state index contributed by atoms with van der Waals surface area (Å²) in [5.41, 5.74) is 6.13.